The molecule has 5 rings (SSSR count). The number of aromatic nitrogens is 3. The SMILES string of the molecule is CC(NC(=O)Nc1cc2cnn(-c3ccc(F)cc3)c2c(COCCN2CCOCC2)n1)c1ccccc1. The number of amides is 2. The highest BCUT2D eigenvalue weighted by molar-refractivity contribution is 5.92. The zero-order valence-corrected chi connectivity index (χ0v) is 21.3. The molecule has 0 bridgehead atoms. The number of anilines is 1. The van der Waals surface area contributed by atoms with Gasteiger partial charge in [0.15, 0.2) is 0 Å². The van der Waals surface area contributed by atoms with Crippen LogP contribution in [0.1, 0.15) is 24.2 Å². The van der Waals surface area contributed by atoms with Crippen LogP contribution in [-0.2, 0) is 16.1 Å². The van der Waals surface area contributed by atoms with Gasteiger partial charge in [-0.3, -0.25) is 10.2 Å². The number of urea groups is 1. The largest absolute Gasteiger partial charge is 0.379 e. The molecule has 4 aromatic rings. The molecule has 1 atom stereocenters. The van der Waals surface area contributed by atoms with Gasteiger partial charge in [0.1, 0.15) is 11.6 Å². The van der Waals surface area contributed by atoms with Crippen LogP contribution in [0, 0.1) is 5.82 Å². The van der Waals surface area contributed by atoms with Crippen molar-refractivity contribution in [3.63, 3.8) is 0 Å². The van der Waals surface area contributed by atoms with Crippen molar-refractivity contribution in [1.29, 1.82) is 0 Å². The third-order valence-electron chi connectivity index (χ3n) is 6.47. The molecule has 10 heteroatoms. The molecule has 198 valence electrons. The highest BCUT2D eigenvalue weighted by atomic mass is 19.1. The normalized spacial score (nSPS) is 14.9. The number of carbonyl (C=O) groups is 1. The number of carbonyl (C=O) groups excluding carboxylic acids is 1. The van der Waals surface area contributed by atoms with Crippen LogP contribution in [0.2, 0.25) is 0 Å². The van der Waals surface area contributed by atoms with Gasteiger partial charge in [-0.2, -0.15) is 5.10 Å². The predicted octanol–water partition coefficient (Wildman–Crippen LogP) is 4.29. The number of morpholine rings is 1. The zero-order chi connectivity index (χ0) is 26.3. The third-order valence-corrected chi connectivity index (χ3v) is 6.47. The van der Waals surface area contributed by atoms with Crippen molar-refractivity contribution in [1.82, 2.24) is 25.0 Å². The third kappa shape index (κ3) is 6.34. The molecule has 0 radical (unpaired) electrons. The Bertz CT molecular complexity index is 1360. The fourth-order valence-corrected chi connectivity index (χ4v) is 4.44. The Balaban J connectivity index is 1.35. The van der Waals surface area contributed by atoms with E-state index in [1.165, 1.54) is 12.1 Å². The van der Waals surface area contributed by atoms with Crippen LogP contribution in [0.25, 0.3) is 16.6 Å². The van der Waals surface area contributed by atoms with Crippen molar-refractivity contribution in [2.75, 3.05) is 44.8 Å². The Morgan fingerprint density at radius 1 is 1.13 bits per heavy atom. The van der Waals surface area contributed by atoms with E-state index >= 15 is 0 Å². The molecular formula is C28H31FN6O3. The summed E-state index contributed by atoms with van der Waals surface area (Å²) in [6, 6.07) is 17.1. The van der Waals surface area contributed by atoms with Crippen LogP contribution in [0.15, 0.2) is 66.9 Å². The Hall–Kier alpha value is -3.86. The van der Waals surface area contributed by atoms with E-state index in [0.717, 1.165) is 49.3 Å². The second-order valence-corrected chi connectivity index (χ2v) is 9.16. The number of benzene rings is 2. The number of hydrogen-bond acceptors (Lipinski definition) is 6. The molecule has 1 aliphatic heterocycles. The van der Waals surface area contributed by atoms with E-state index in [9.17, 15) is 9.18 Å². The van der Waals surface area contributed by atoms with E-state index in [2.05, 4.69) is 20.6 Å². The molecule has 1 fully saturated rings. The Morgan fingerprint density at radius 2 is 1.89 bits per heavy atom. The molecule has 0 aliphatic carbocycles. The fourth-order valence-electron chi connectivity index (χ4n) is 4.44. The van der Waals surface area contributed by atoms with Gasteiger partial charge in [0.25, 0.3) is 0 Å². The summed E-state index contributed by atoms with van der Waals surface area (Å²) >= 11 is 0. The van der Waals surface area contributed by atoms with Crippen molar-refractivity contribution in [3.8, 4) is 5.69 Å². The van der Waals surface area contributed by atoms with Gasteiger partial charge in [-0.05, 0) is 42.8 Å². The summed E-state index contributed by atoms with van der Waals surface area (Å²) in [5.41, 5.74) is 3.07. The van der Waals surface area contributed by atoms with Crippen molar-refractivity contribution in [3.05, 3.63) is 83.9 Å². The molecule has 1 saturated heterocycles. The van der Waals surface area contributed by atoms with Crippen molar-refractivity contribution in [2.24, 2.45) is 0 Å². The predicted molar refractivity (Wildman–Crippen MR) is 143 cm³/mol. The molecule has 0 saturated carbocycles. The lowest BCUT2D eigenvalue weighted by Crippen LogP contribution is -2.38. The molecule has 38 heavy (non-hydrogen) atoms. The van der Waals surface area contributed by atoms with Gasteiger partial charge in [-0.25, -0.2) is 18.9 Å². The van der Waals surface area contributed by atoms with Crippen LogP contribution in [0.5, 0.6) is 0 Å². The number of rotatable bonds is 9. The molecule has 9 nitrogen and oxygen atoms in total. The fraction of sp³-hybridized carbons (Fsp3) is 0.321. The molecule has 3 heterocycles. The Labute approximate surface area is 220 Å². The lowest BCUT2D eigenvalue weighted by Gasteiger charge is -2.26. The molecular weight excluding hydrogens is 487 g/mol. The van der Waals surface area contributed by atoms with Gasteiger partial charge in [0, 0.05) is 25.0 Å². The standard InChI is InChI=1S/C28H31FN6O3/c1-20(21-5-3-2-4-6-21)31-28(36)33-26-17-22-18-30-35(24-9-7-23(29)8-10-24)27(22)25(32-26)19-38-16-13-34-11-14-37-15-12-34/h2-10,17-18,20H,11-16,19H2,1H3,(H2,31,32,33,36). The van der Waals surface area contributed by atoms with E-state index in [1.54, 1.807) is 29.1 Å². The Kier molecular flexibility index (Phi) is 8.22. The van der Waals surface area contributed by atoms with Crippen molar-refractivity contribution in [2.45, 2.75) is 19.6 Å². The van der Waals surface area contributed by atoms with E-state index in [1.807, 2.05) is 37.3 Å². The lowest BCUT2D eigenvalue weighted by molar-refractivity contribution is 0.0178. The average molecular weight is 519 g/mol. The smallest absolute Gasteiger partial charge is 0.320 e. The molecule has 1 aliphatic rings. The number of fused-ring (bicyclic) bond motifs is 1. The summed E-state index contributed by atoms with van der Waals surface area (Å²) in [5.74, 6) is 0.0675. The summed E-state index contributed by atoms with van der Waals surface area (Å²) < 4.78 is 26.7. The maximum atomic E-state index is 13.5. The number of pyridine rings is 1. The second-order valence-electron chi connectivity index (χ2n) is 9.16. The average Bonchev–Trinajstić information content (AvgIpc) is 3.36. The first kappa shape index (κ1) is 25.8. The lowest BCUT2D eigenvalue weighted by atomic mass is 10.1. The van der Waals surface area contributed by atoms with Crippen molar-refractivity contribution >= 4 is 22.8 Å². The summed E-state index contributed by atoms with van der Waals surface area (Å²) in [5, 5.41) is 11.1. The number of ether oxygens (including phenoxy) is 2. The highest BCUT2D eigenvalue weighted by Crippen LogP contribution is 2.25. The van der Waals surface area contributed by atoms with Gasteiger partial charge in [0.2, 0.25) is 0 Å². The van der Waals surface area contributed by atoms with E-state index in [0.29, 0.717) is 23.8 Å². The summed E-state index contributed by atoms with van der Waals surface area (Å²) in [7, 11) is 0. The molecule has 2 aromatic heterocycles. The Morgan fingerprint density at radius 3 is 2.66 bits per heavy atom. The summed E-state index contributed by atoms with van der Waals surface area (Å²) in [6.07, 6.45) is 1.70. The van der Waals surface area contributed by atoms with Crippen LogP contribution in [0.4, 0.5) is 15.0 Å². The van der Waals surface area contributed by atoms with E-state index in [-0.39, 0.29) is 24.5 Å². The first-order chi connectivity index (χ1) is 18.6. The minimum absolute atomic E-state index is 0.177. The number of halogens is 1. The molecule has 1 unspecified atom stereocenters. The molecule has 2 N–H and O–H groups in total. The minimum Gasteiger partial charge on any atom is -0.379 e. The van der Waals surface area contributed by atoms with Crippen molar-refractivity contribution < 1.29 is 18.7 Å². The minimum atomic E-state index is -0.363. The molecule has 0 spiro atoms. The summed E-state index contributed by atoms with van der Waals surface area (Å²) in [4.78, 5) is 19.8. The van der Waals surface area contributed by atoms with Gasteiger partial charge >= 0.3 is 6.03 Å². The quantitative estimate of drug-likeness (QED) is 0.321. The van der Waals surface area contributed by atoms with Gasteiger partial charge in [0.05, 0.1) is 55.6 Å². The van der Waals surface area contributed by atoms with Crippen LogP contribution < -0.4 is 10.6 Å². The first-order valence-corrected chi connectivity index (χ1v) is 12.7. The van der Waals surface area contributed by atoms with Gasteiger partial charge < -0.3 is 14.8 Å². The zero-order valence-electron chi connectivity index (χ0n) is 21.3. The molecule has 2 amide bonds. The molecule has 2 aromatic carbocycles. The topological polar surface area (TPSA) is 93.5 Å². The maximum absolute atomic E-state index is 13.5. The van der Waals surface area contributed by atoms with Crippen LogP contribution in [0.3, 0.4) is 0 Å². The van der Waals surface area contributed by atoms with Crippen LogP contribution >= 0.6 is 0 Å². The first-order valence-electron chi connectivity index (χ1n) is 12.7. The van der Waals surface area contributed by atoms with E-state index < -0.39 is 0 Å². The van der Waals surface area contributed by atoms with Gasteiger partial charge in [-0.1, -0.05) is 30.3 Å². The number of hydrogen-bond donors (Lipinski definition) is 2. The van der Waals surface area contributed by atoms with E-state index in [4.69, 9.17) is 14.5 Å². The van der Waals surface area contributed by atoms with Gasteiger partial charge in [-0.15, -0.1) is 0 Å². The monoisotopic (exact) mass is 518 g/mol. The van der Waals surface area contributed by atoms with Crippen LogP contribution in [-0.4, -0.2) is 65.2 Å². The number of nitrogens with zero attached hydrogens (tertiary/aromatic N) is 4. The highest BCUT2D eigenvalue weighted by Gasteiger charge is 2.17. The maximum Gasteiger partial charge on any atom is 0.320 e. The second kappa shape index (κ2) is 12.1. The summed E-state index contributed by atoms with van der Waals surface area (Å²) in [6.45, 7) is 6.72. The number of nitrogens with one attached hydrogen (secondary N) is 2.